The van der Waals surface area contributed by atoms with Crippen LogP contribution in [0.15, 0.2) is 24.3 Å². The van der Waals surface area contributed by atoms with Crippen LogP contribution in [0.25, 0.3) is 0 Å². The maximum atomic E-state index is 11.7. The molecule has 5 nitrogen and oxygen atoms in total. The van der Waals surface area contributed by atoms with E-state index in [1.165, 1.54) is 11.3 Å². The summed E-state index contributed by atoms with van der Waals surface area (Å²) in [6.45, 7) is 1.64. The minimum atomic E-state index is -0.311. The quantitative estimate of drug-likeness (QED) is 0.909. The zero-order valence-electron chi connectivity index (χ0n) is 10.1. The molecule has 3 N–H and O–H groups in total. The van der Waals surface area contributed by atoms with Crippen molar-refractivity contribution < 1.29 is 9.53 Å². The lowest BCUT2D eigenvalue weighted by Crippen LogP contribution is -2.20. The monoisotopic (exact) mass is 297 g/mol. The summed E-state index contributed by atoms with van der Waals surface area (Å²) >= 11 is 7.13. The van der Waals surface area contributed by atoms with E-state index in [1.54, 1.807) is 31.2 Å². The van der Waals surface area contributed by atoms with Gasteiger partial charge in [0.05, 0.1) is 10.7 Å². The van der Waals surface area contributed by atoms with E-state index in [2.05, 4.69) is 10.3 Å². The molecule has 2 rings (SSSR count). The van der Waals surface area contributed by atoms with Crippen molar-refractivity contribution in [1.82, 2.24) is 4.98 Å². The SMILES string of the molecule is Cc1nc(NC(=O)COc2ccccc2Cl)sc1N. The first kappa shape index (κ1) is 13.6. The number of ether oxygens (including phenoxy) is 1. The summed E-state index contributed by atoms with van der Waals surface area (Å²) in [4.78, 5) is 15.8. The molecule has 100 valence electrons. The van der Waals surface area contributed by atoms with Gasteiger partial charge in [-0.3, -0.25) is 10.1 Å². The number of nitrogen functional groups attached to an aromatic ring is 1. The molecular weight excluding hydrogens is 286 g/mol. The van der Waals surface area contributed by atoms with Crippen LogP contribution in [-0.4, -0.2) is 17.5 Å². The highest BCUT2D eigenvalue weighted by atomic mass is 35.5. The highest BCUT2D eigenvalue weighted by Crippen LogP contribution is 2.25. The van der Waals surface area contributed by atoms with E-state index >= 15 is 0 Å². The first-order chi connectivity index (χ1) is 9.06. The van der Waals surface area contributed by atoms with Crippen molar-refractivity contribution in [3.05, 3.63) is 35.0 Å². The molecule has 19 heavy (non-hydrogen) atoms. The molecule has 1 amide bonds. The zero-order chi connectivity index (χ0) is 13.8. The Hall–Kier alpha value is -1.79. The van der Waals surface area contributed by atoms with E-state index < -0.39 is 0 Å². The van der Waals surface area contributed by atoms with Crippen molar-refractivity contribution in [2.24, 2.45) is 0 Å². The van der Waals surface area contributed by atoms with Gasteiger partial charge in [-0.15, -0.1) is 0 Å². The molecule has 0 saturated carbocycles. The standard InChI is InChI=1S/C12H12ClN3O2S/c1-7-11(14)19-12(15-7)16-10(17)6-18-9-5-3-2-4-8(9)13/h2-5H,6,14H2,1H3,(H,15,16,17). The number of anilines is 2. The third kappa shape index (κ3) is 3.59. The number of thiazole rings is 1. The van der Waals surface area contributed by atoms with Gasteiger partial charge in [-0.2, -0.15) is 0 Å². The van der Waals surface area contributed by atoms with Gasteiger partial charge in [0.25, 0.3) is 5.91 Å². The molecule has 0 spiro atoms. The fourth-order valence-electron chi connectivity index (χ4n) is 1.32. The van der Waals surface area contributed by atoms with Gasteiger partial charge in [0.15, 0.2) is 11.7 Å². The van der Waals surface area contributed by atoms with Gasteiger partial charge in [0.1, 0.15) is 10.8 Å². The molecule has 0 radical (unpaired) electrons. The summed E-state index contributed by atoms with van der Waals surface area (Å²) in [7, 11) is 0. The Bertz CT molecular complexity index is 581. The van der Waals surface area contributed by atoms with Gasteiger partial charge < -0.3 is 10.5 Å². The Labute approximate surface area is 119 Å². The van der Waals surface area contributed by atoms with Crippen LogP contribution in [-0.2, 0) is 4.79 Å². The maximum absolute atomic E-state index is 11.7. The van der Waals surface area contributed by atoms with Gasteiger partial charge in [0.2, 0.25) is 0 Å². The maximum Gasteiger partial charge on any atom is 0.264 e. The molecule has 1 heterocycles. The number of benzene rings is 1. The van der Waals surface area contributed by atoms with E-state index in [0.717, 1.165) is 0 Å². The normalized spacial score (nSPS) is 10.2. The number of nitrogens with two attached hydrogens (primary N) is 1. The Kier molecular flexibility index (Phi) is 4.24. The molecule has 0 unspecified atom stereocenters. The average Bonchev–Trinajstić information content (AvgIpc) is 2.67. The van der Waals surface area contributed by atoms with Crippen molar-refractivity contribution in [2.75, 3.05) is 17.7 Å². The molecule has 0 bridgehead atoms. The highest BCUT2D eigenvalue weighted by molar-refractivity contribution is 7.19. The first-order valence-electron chi connectivity index (χ1n) is 5.46. The van der Waals surface area contributed by atoms with Crippen LogP contribution in [0.1, 0.15) is 5.69 Å². The summed E-state index contributed by atoms with van der Waals surface area (Å²) in [6, 6.07) is 6.96. The second-order valence-electron chi connectivity index (χ2n) is 3.74. The number of carbonyl (C=O) groups is 1. The summed E-state index contributed by atoms with van der Waals surface area (Å²) in [5.74, 6) is 0.155. The molecule has 1 aromatic heterocycles. The van der Waals surface area contributed by atoms with Crippen LogP contribution >= 0.6 is 22.9 Å². The van der Waals surface area contributed by atoms with E-state index in [0.29, 0.717) is 26.6 Å². The Balaban J connectivity index is 1.90. The fourth-order valence-corrected chi connectivity index (χ4v) is 2.26. The predicted octanol–water partition coefficient (Wildman–Crippen LogP) is 2.70. The lowest BCUT2D eigenvalue weighted by Gasteiger charge is -2.06. The predicted molar refractivity (Wildman–Crippen MR) is 76.8 cm³/mol. The van der Waals surface area contributed by atoms with Crippen molar-refractivity contribution in [1.29, 1.82) is 0 Å². The van der Waals surface area contributed by atoms with Crippen LogP contribution in [0.5, 0.6) is 5.75 Å². The third-order valence-corrected chi connectivity index (χ3v) is 3.49. The van der Waals surface area contributed by atoms with Crippen molar-refractivity contribution in [3.8, 4) is 5.75 Å². The van der Waals surface area contributed by atoms with E-state index in [-0.39, 0.29) is 12.5 Å². The van der Waals surface area contributed by atoms with Crippen molar-refractivity contribution in [3.63, 3.8) is 0 Å². The number of amides is 1. The number of halogens is 1. The summed E-state index contributed by atoms with van der Waals surface area (Å²) in [5, 5.41) is 4.12. The second kappa shape index (κ2) is 5.90. The summed E-state index contributed by atoms with van der Waals surface area (Å²) in [5.41, 5.74) is 6.36. The lowest BCUT2D eigenvalue weighted by atomic mass is 10.3. The van der Waals surface area contributed by atoms with Crippen molar-refractivity contribution >= 4 is 39.0 Å². The molecule has 0 aliphatic carbocycles. The van der Waals surface area contributed by atoms with Crippen molar-refractivity contribution in [2.45, 2.75) is 6.92 Å². The van der Waals surface area contributed by atoms with Gasteiger partial charge in [-0.1, -0.05) is 35.1 Å². The molecular formula is C12H12ClN3O2S. The number of aryl methyl sites for hydroxylation is 1. The first-order valence-corrected chi connectivity index (χ1v) is 6.66. The smallest absolute Gasteiger partial charge is 0.264 e. The zero-order valence-corrected chi connectivity index (χ0v) is 11.7. The highest BCUT2D eigenvalue weighted by Gasteiger charge is 2.09. The Morgan fingerprint density at radius 2 is 2.26 bits per heavy atom. The van der Waals surface area contributed by atoms with Gasteiger partial charge in [-0.05, 0) is 19.1 Å². The van der Waals surface area contributed by atoms with E-state index in [4.69, 9.17) is 22.1 Å². The summed E-state index contributed by atoms with van der Waals surface area (Å²) in [6.07, 6.45) is 0. The van der Waals surface area contributed by atoms with Crippen LogP contribution in [0.4, 0.5) is 10.1 Å². The second-order valence-corrected chi connectivity index (χ2v) is 5.17. The van der Waals surface area contributed by atoms with Crippen LogP contribution in [0.3, 0.4) is 0 Å². The molecule has 0 atom stereocenters. The minimum absolute atomic E-state index is 0.137. The largest absolute Gasteiger partial charge is 0.482 e. The minimum Gasteiger partial charge on any atom is -0.482 e. The topological polar surface area (TPSA) is 77.2 Å². The summed E-state index contributed by atoms with van der Waals surface area (Å²) < 4.78 is 5.31. The molecule has 0 saturated heterocycles. The number of nitrogens with one attached hydrogen (secondary N) is 1. The lowest BCUT2D eigenvalue weighted by molar-refractivity contribution is -0.118. The fraction of sp³-hybridized carbons (Fsp3) is 0.167. The third-order valence-electron chi connectivity index (χ3n) is 2.27. The Morgan fingerprint density at radius 3 is 2.89 bits per heavy atom. The number of hydrogen-bond donors (Lipinski definition) is 2. The van der Waals surface area contributed by atoms with Crippen LogP contribution in [0, 0.1) is 6.92 Å². The molecule has 7 heteroatoms. The molecule has 1 aromatic carbocycles. The van der Waals surface area contributed by atoms with Gasteiger partial charge >= 0.3 is 0 Å². The molecule has 0 aliphatic rings. The number of para-hydroxylation sites is 1. The molecule has 0 fully saturated rings. The molecule has 0 aliphatic heterocycles. The average molecular weight is 298 g/mol. The molecule has 2 aromatic rings. The van der Waals surface area contributed by atoms with Gasteiger partial charge in [0, 0.05) is 0 Å². The van der Waals surface area contributed by atoms with Crippen LogP contribution < -0.4 is 15.8 Å². The van der Waals surface area contributed by atoms with E-state index in [1.807, 2.05) is 0 Å². The number of hydrogen-bond acceptors (Lipinski definition) is 5. The van der Waals surface area contributed by atoms with Crippen LogP contribution in [0.2, 0.25) is 5.02 Å². The number of carbonyl (C=O) groups excluding carboxylic acids is 1. The number of rotatable bonds is 4. The number of aromatic nitrogens is 1. The number of nitrogens with zero attached hydrogens (tertiary/aromatic N) is 1. The van der Waals surface area contributed by atoms with Gasteiger partial charge in [-0.25, -0.2) is 4.98 Å². The Morgan fingerprint density at radius 1 is 1.53 bits per heavy atom. The van der Waals surface area contributed by atoms with E-state index in [9.17, 15) is 4.79 Å².